The second-order valence-corrected chi connectivity index (χ2v) is 7.26. The number of hydrogen-bond donors (Lipinski definition) is 0. The van der Waals surface area contributed by atoms with Crippen LogP contribution in [-0.4, -0.2) is 37.8 Å². The highest BCUT2D eigenvalue weighted by atomic mass is 16.5. The summed E-state index contributed by atoms with van der Waals surface area (Å²) in [7, 11) is 1.76. The molecule has 138 valence electrons. The first-order valence-corrected chi connectivity index (χ1v) is 8.83. The van der Waals surface area contributed by atoms with Crippen molar-refractivity contribution in [1.82, 2.24) is 24.8 Å². The number of carbonyl (C=O) groups is 1. The molecule has 0 fully saturated rings. The van der Waals surface area contributed by atoms with Crippen LogP contribution >= 0.6 is 0 Å². The highest BCUT2D eigenvalue weighted by Crippen LogP contribution is 2.25. The van der Waals surface area contributed by atoms with E-state index in [0.29, 0.717) is 12.1 Å². The molecule has 0 bridgehead atoms. The minimum Gasteiger partial charge on any atom is -0.361 e. The average molecular weight is 355 g/mol. The first kappa shape index (κ1) is 18.1. The van der Waals surface area contributed by atoms with Crippen molar-refractivity contribution in [3.05, 3.63) is 41.0 Å². The number of fused-ring (bicyclic) bond motifs is 1. The van der Waals surface area contributed by atoms with Crippen LogP contribution in [-0.2, 0) is 6.54 Å². The van der Waals surface area contributed by atoms with Crippen molar-refractivity contribution >= 4 is 16.9 Å². The first-order chi connectivity index (χ1) is 12.3. The monoisotopic (exact) mass is 355 g/mol. The summed E-state index contributed by atoms with van der Waals surface area (Å²) < 4.78 is 6.95. The maximum absolute atomic E-state index is 13.1. The van der Waals surface area contributed by atoms with Gasteiger partial charge in [-0.05, 0) is 32.8 Å². The van der Waals surface area contributed by atoms with E-state index in [9.17, 15) is 4.79 Å². The van der Waals surface area contributed by atoms with Gasteiger partial charge >= 0.3 is 0 Å². The Bertz CT molecular complexity index is 939. The van der Waals surface area contributed by atoms with Gasteiger partial charge < -0.3 is 9.42 Å². The maximum Gasteiger partial charge on any atom is 0.254 e. The van der Waals surface area contributed by atoms with Crippen LogP contribution in [0.25, 0.3) is 11.0 Å². The van der Waals surface area contributed by atoms with E-state index in [2.05, 4.69) is 38.0 Å². The van der Waals surface area contributed by atoms with Gasteiger partial charge in [0.25, 0.3) is 5.91 Å². The standard InChI is InChI=1S/C19H25N5O2/c1-11(2)17-8-15(16-9-20-24(12(3)4)18(16)21-17)19(25)23(6)10-14-7-13(5)26-22-14/h7-9,11-12H,10H2,1-6H3. The second kappa shape index (κ2) is 6.90. The molecule has 1 amide bonds. The molecule has 0 N–H and O–H groups in total. The summed E-state index contributed by atoms with van der Waals surface area (Å²) in [5, 5.41) is 9.18. The number of hydrogen-bond acceptors (Lipinski definition) is 5. The zero-order valence-electron chi connectivity index (χ0n) is 16.1. The van der Waals surface area contributed by atoms with Crippen molar-refractivity contribution in [2.24, 2.45) is 0 Å². The summed E-state index contributed by atoms with van der Waals surface area (Å²) in [5.41, 5.74) is 2.98. The molecule has 3 heterocycles. The lowest BCUT2D eigenvalue weighted by Crippen LogP contribution is -2.27. The minimum absolute atomic E-state index is 0.0803. The Kier molecular flexibility index (Phi) is 4.80. The van der Waals surface area contributed by atoms with E-state index in [4.69, 9.17) is 9.51 Å². The lowest BCUT2D eigenvalue weighted by Gasteiger charge is -2.17. The normalized spacial score (nSPS) is 11.7. The van der Waals surface area contributed by atoms with Gasteiger partial charge in [-0.2, -0.15) is 5.10 Å². The van der Waals surface area contributed by atoms with Crippen LogP contribution < -0.4 is 0 Å². The fourth-order valence-electron chi connectivity index (χ4n) is 2.90. The Balaban J connectivity index is 2.03. The summed E-state index contributed by atoms with van der Waals surface area (Å²) in [6.07, 6.45) is 1.73. The third-order valence-corrected chi connectivity index (χ3v) is 4.32. The fourth-order valence-corrected chi connectivity index (χ4v) is 2.90. The summed E-state index contributed by atoms with van der Waals surface area (Å²) >= 11 is 0. The Hall–Kier alpha value is -2.70. The molecular formula is C19H25N5O2. The molecule has 0 radical (unpaired) electrons. The molecule has 0 aromatic carbocycles. The van der Waals surface area contributed by atoms with Crippen molar-refractivity contribution < 1.29 is 9.32 Å². The van der Waals surface area contributed by atoms with Gasteiger partial charge in [0.2, 0.25) is 0 Å². The topological polar surface area (TPSA) is 77.1 Å². The van der Waals surface area contributed by atoms with Gasteiger partial charge in [0.1, 0.15) is 11.5 Å². The minimum atomic E-state index is -0.0803. The lowest BCUT2D eigenvalue weighted by molar-refractivity contribution is 0.0784. The van der Waals surface area contributed by atoms with Crippen molar-refractivity contribution in [1.29, 1.82) is 0 Å². The van der Waals surface area contributed by atoms with Crippen molar-refractivity contribution in [2.45, 2.75) is 53.1 Å². The van der Waals surface area contributed by atoms with Crippen LogP contribution in [0.5, 0.6) is 0 Å². The van der Waals surface area contributed by atoms with E-state index in [1.807, 2.05) is 23.7 Å². The summed E-state index contributed by atoms with van der Waals surface area (Å²) in [5.74, 6) is 0.862. The number of carbonyl (C=O) groups excluding carboxylic acids is 1. The largest absolute Gasteiger partial charge is 0.361 e. The van der Waals surface area contributed by atoms with Gasteiger partial charge in [-0.1, -0.05) is 19.0 Å². The van der Waals surface area contributed by atoms with Gasteiger partial charge in [-0.25, -0.2) is 9.67 Å². The molecule has 0 aliphatic heterocycles. The Morgan fingerprint density at radius 1 is 1.27 bits per heavy atom. The van der Waals surface area contributed by atoms with Crippen LogP contribution in [0.2, 0.25) is 0 Å². The van der Waals surface area contributed by atoms with Gasteiger partial charge in [0.05, 0.1) is 23.7 Å². The molecule has 7 heteroatoms. The van der Waals surface area contributed by atoms with Crippen molar-refractivity contribution in [3.8, 4) is 0 Å². The molecule has 0 spiro atoms. The van der Waals surface area contributed by atoms with Gasteiger partial charge in [-0.3, -0.25) is 4.79 Å². The van der Waals surface area contributed by atoms with E-state index >= 15 is 0 Å². The Morgan fingerprint density at radius 3 is 2.58 bits per heavy atom. The van der Waals surface area contributed by atoms with Crippen LogP contribution in [0.4, 0.5) is 0 Å². The van der Waals surface area contributed by atoms with Crippen LogP contribution in [0, 0.1) is 6.92 Å². The number of rotatable bonds is 5. The zero-order valence-corrected chi connectivity index (χ0v) is 16.1. The van der Waals surface area contributed by atoms with E-state index in [-0.39, 0.29) is 17.9 Å². The highest BCUT2D eigenvalue weighted by molar-refractivity contribution is 6.05. The zero-order chi connectivity index (χ0) is 19.0. The molecule has 3 aromatic heterocycles. The number of amides is 1. The molecule has 3 aromatic rings. The lowest BCUT2D eigenvalue weighted by atomic mass is 10.0. The second-order valence-electron chi connectivity index (χ2n) is 7.26. The maximum atomic E-state index is 13.1. The fraction of sp³-hybridized carbons (Fsp3) is 0.474. The smallest absolute Gasteiger partial charge is 0.254 e. The molecule has 3 rings (SSSR count). The molecular weight excluding hydrogens is 330 g/mol. The SMILES string of the molecule is Cc1cc(CN(C)C(=O)c2cc(C(C)C)nc3c2cnn3C(C)C)no1. The molecule has 0 atom stereocenters. The molecule has 0 aliphatic rings. The highest BCUT2D eigenvalue weighted by Gasteiger charge is 2.22. The number of nitrogens with zero attached hydrogens (tertiary/aromatic N) is 5. The van der Waals surface area contributed by atoms with Crippen LogP contribution in [0.15, 0.2) is 22.9 Å². The number of aryl methyl sites for hydroxylation is 1. The third-order valence-electron chi connectivity index (χ3n) is 4.32. The number of aromatic nitrogens is 4. The molecule has 26 heavy (non-hydrogen) atoms. The van der Waals surface area contributed by atoms with Crippen LogP contribution in [0.1, 0.15) is 67.2 Å². The van der Waals surface area contributed by atoms with Crippen molar-refractivity contribution in [3.63, 3.8) is 0 Å². The van der Waals surface area contributed by atoms with Gasteiger partial charge in [-0.15, -0.1) is 0 Å². The van der Waals surface area contributed by atoms with E-state index in [1.54, 1.807) is 18.1 Å². The predicted octanol–water partition coefficient (Wildman–Crippen LogP) is 3.70. The van der Waals surface area contributed by atoms with E-state index in [0.717, 1.165) is 28.2 Å². The van der Waals surface area contributed by atoms with Crippen molar-refractivity contribution in [2.75, 3.05) is 7.05 Å². The predicted molar refractivity (Wildman–Crippen MR) is 99.0 cm³/mol. The molecule has 0 unspecified atom stereocenters. The van der Waals surface area contributed by atoms with E-state index < -0.39 is 0 Å². The summed E-state index contributed by atoms with van der Waals surface area (Å²) in [4.78, 5) is 19.5. The molecule has 7 nitrogen and oxygen atoms in total. The number of pyridine rings is 1. The summed E-state index contributed by atoms with van der Waals surface area (Å²) in [6.45, 7) is 10.5. The quantitative estimate of drug-likeness (QED) is 0.697. The Morgan fingerprint density at radius 2 is 2.00 bits per heavy atom. The van der Waals surface area contributed by atoms with Gasteiger partial charge in [0, 0.05) is 24.8 Å². The van der Waals surface area contributed by atoms with Gasteiger partial charge in [0.15, 0.2) is 5.65 Å². The van der Waals surface area contributed by atoms with E-state index in [1.165, 1.54) is 0 Å². The molecule has 0 aliphatic carbocycles. The average Bonchev–Trinajstić information content (AvgIpc) is 3.19. The first-order valence-electron chi connectivity index (χ1n) is 8.83. The summed E-state index contributed by atoms with van der Waals surface area (Å²) in [6, 6.07) is 3.88. The van der Waals surface area contributed by atoms with Crippen LogP contribution in [0.3, 0.4) is 0 Å². The molecule has 0 saturated heterocycles. The Labute approximate surface area is 153 Å². The molecule has 0 saturated carbocycles. The third kappa shape index (κ3) is 3.34.